The highest BCUT2D eigenvalue weighted by Gasteiger charge is 2.27. The maximum Gasteiger partial charge on any atom is 0.0546 e. The van der Waals surface area contributed by atoms with Crippen LogP contribution in [0.5, 0.6) is 0 Å². The predicted molar refractivity (Wildman–Crippen MR) is 392 cm³/mol. The number of anilines is 2. The van der Waals surface area contributed by atoms with E-state index in [1.165, 1.54) is 203 Å². The minimum atomic E-state index is 0.280. The molecule has 0 spiro atoms. The average Bonchev–Trinajstić information content (AvgIpc) is 0.737. The fourth-order valence-electron chi connectivity index (χ4n) is 14.3. The first kappa shape index (κ1) is 61.7. The molecule has 3 atom stereocenters. The molecule has 1 heteroatoms. The second-order valence-electron chi connectivity index (χ2n) is 26.4. The summed E-state index contributed by atoms with van der Waals surface area (Å²) in [6.07, 6.45) is 23.3. The highest BCUT2D eigenvalue weighted by molar-refractivity contribution is 6.22. The minimum absolute atomic E-state index is 0.280. The molecule has 0 heterocycles. The maximum absolute atomic E-state index is 2.60. The van der Waals surface area contributed by atoms with Gasteiger partial charge < -0.3 is 4.90 Å². The summed E-state index contributed by atoms with van der Waals surface area (Å²) >= 11 is 0. The number of aryl methyl sites for hydroxylation is 5. The molecule has 0 saturated carbocycles. The molecule has 0 N–H and O–H groups in total. The molecule has 454 valence electrons. The highest BCUT2D eigenvalue weighted by Crippen LogP contribution is 2.47. The van der Waals surface area contributed by atoms with Crippen molar-refractivity contribution in [2.75, 3.05) is 4.90 Å². The molecule has 0 aliphatic heterocycles. The lowest BCUT2D eigenvalue weighted by atomic mass is 9.81. The molecule has 90 heavy (non-hydrogen) atoms. The van der Waals surface area contributed by atoms with Crippen molar-refractivity contribution in [2.24, 2.45) is 11.8 Å². The minimum Gasteiger partial charge on any atom is -0.310 e. The lowest BCUT2D eigenvalue weighted by Gasteiger charge is -2.34. The van der Waals surface area contributed by atoms with Crippen molar-refractivity contribution in [2.45, 2.75) is 151 Å². The van der Waals surface area contributed by atoms with Crippen molar-refractivity contribution in [3.05, 3.63) is 287 Å². The predicted octanol–water partition coefficient (Wildman–Crippen LogP) is 25.7. The largest absolute Gasteiger partial charge is 0.310 e. The number of unbranched alkanes of at least 4 members (excludes halogenated alkanes) is 8. The second-order valence-corrected chi connectivity index (χ2v) is 26.4. The highest BCUT2D eigenvalue weighted by atomic mass is 15.2. The van der Waals surface area contributed by atoms with Gasteiger partial charge in [-0.1, -0.05) is 291 Å². The van der Waals surface area contributed by atoms with Gasteiger partial charge in [0.05, 0.1) is 5.69 Å². The van der Waals surface area contributed by atoms with Gasteiger partial charge in [-0.25, -0.2) is 0 Å². The molecule has 1 aliphatic rings. The van der Waals surface area contributed by atoms with Gasteiger partial charge in [0.25, 0.3) is 0 Å². The molecule has 12 rings (SSSR count). The zero-order valence-corrected chi connectivity index (χ0v) is 54.8. The summed E-state index contributed by atoms with van der Waals surface area (Å²) < 4.78 is 0. The number of hydrogen-bond acceptors (Lipinski definition) is 1. The molecule has 0 fully saturated rings. The first-order chi connectivity index (χ1) is 44.1. The molecular weight excluding hydrogens is 1080 g/mol. The van der Waals surface area contributed by atoms with Crippen molar-refractivity contribution in [1.29, 1.82) is 0 Å². The van der Waals surface area contributed by atoms with Crippen LogP contribution in [0, 0.1) is 25.7 Å². The van der Waals surface area contributed by atoms with E-state index in [4.69, 9.17) is 0 Å². The Morgan fingerprint density at radius 3 is 1.30 bits per heavy atom. The molecule has 0 amide bonds. The summed E-state index contributed by atoms with van der Waals surface area (Å²) in [5.41, 5.74) is 24.9. The lowest BCUT2D eigenvalue weighted by molar-refractivity contribution is 0.516. The Hall–Kier alpha value is -8.52. The number of nitrogens with zero attached hydrogens (tertiary/aromatic N) is 1. The molecule has 0 aromatic heterocycles. The quantitative estimate of drug-likeness (QED) is 0.0407. The topological polar surface area (TPSA) is 3.24 Å². The van der Waals surface area contributed by atoms with Crippen LogP contribution >= 0.6 is 0 Å². The van der Waals surface area contributed by atoms with Gasteiger partial charge >= 0.3 is 0 Å². The van der Waals surface area contributed by atoms with Gasteiger partial charge in [-0.3, -0.25) is 0 Å². The number of allylic oxidation sites excluding steroid dienone is 3. The van der Waals surface area contributed by atoms with E-state index in [0.29, 0.717) is 11.8 Å². The summed E-state index contributed by atoms with van der Waals surface area (Å²) in [6, 6.07) is 86.3. The van der Waals surface area contributed by atoms with Crippen molar-refractivity contribution in [3.8, 4) is 44.5 Å². The van der Waals surface area contributed by atoms with Crippen LogP contribution in [0.15, 0.2) is 248 Å². The van der Waals surface area contributed by atoms with E-state index in [0.717, 1.165) is 31.4 Å². The van der Waals surface area contributed by atoms with Crippen molar-refractivity contribution in [3.63, 3.8) is 0 Å². The molecular formula is C89H93N. The van der Waals surface area contributed by atoms with E-state index in [2.05, 4.69) is 290 Å². The van der Waals surface area contributed by atoms with E-state index >= 15 is 0 Å². The van der Waals surface area contributed by atoms with Crippen molar-refractivity contribution < 1.29 is 0 Å². The third kappa shape index (κ3) is 14.1. The fraction of sp³-hybridized carbons (Fsp3) is 0.281. The van der Waals surface area contributed by atoms with E-state index in [1.54, 1.807) is 0 Å². The summed E-state index contributed by atoms with van der Waals surface area (Å²) in [7, 11) is 0. The molecule has 1 nitrogen and oxygen atoms in total. The number of rotatable bonds is 25. The SMILES string of the molecule is CCCCCCCc1ccc(-c2ccc(-c3ccc(CCC(Cc4ccc(C)cc4C)c4cc5c6ccccc6c(N(C6=C(C)C(C)C(C)C=C6)c6ccc(-c7ccc(-c8ccc(CCCCCCC)cc8)cc7)cc6)cc5c5ccccc45)cc3)cc2)cc1. The molecule has 0 saturated heterocycles. The molecule has 0 bridgehead atoms. The number of hydrogen-bond donors (Lipinski definition) is 0. The second kappa shape index (κ2) is 29.0. The zero-order valence-electron chi connectivity index (χ0n) is 54.8. The maximum atomic E-state index is 2.60. The van der Waals surface area contributed by atoms with Crippen molar-refractivity contribution >= 4 is 43.7 Å². The van der Waals surface area contributed by atoms with E-state index in [1.807, 2.05) is 0 Å². The average molecular weight is 1180 g/mol. The van der Waals surface area contributed by atoms with Crippen LogP contribution in [-0.4, -0.2) is 0 Å². The van der Waals surface area contributed by atoms with Crippen molar-refractivity contribution in [1.82, 2.24) is 0 Å². The number of benzene rings is 11. The van der Waals surface area contributed by atoms with Gasteiger partial charge in [0.1, 0.15) is 0 Å². The summed E-state index contributed by atoms with van der Waals surface area (Å²) in [5, 5.41) is 7.79. The van der Waals surface area contributed by atoms with Crippen LogP contribution in [0.25, 0.3) is 76.8 Å². The third-order valence-electron chi connectivity index (χ3n) is 20.2. The Bertz CT molecular complexity index is 4250. The van der Waals surface area contributed by atoms with Gasteiger partial charge in [-0.05, 0) is 224 Å². The molecule has 11 aromatic carbocycles. The van der Waals surface area contributed by atoms with Gasteiger partial charge in [-0.2, -0.15) is 0 Å². The Morgan fingerprint density at radius 1 is 0.389 bits per heavy atom. The smallest absolute Gasteiger partial charge is 0.0546 e. The Balaban J connectivity index is 0.850. The van der Waals surface area contributed by atoms with Crippen LogP contribution in [0.3, 0.4) is 0 Å². The first-order valence-corrected chi connectivity index (χ1v) is 34.3. The zero-order chi connectivity index (χ0) is 61.9. The Morgan fingerprint density at radius 2 is 0.811 bits per heavy atom. The van der Waals surface area contributed by atoms with Gasteiger partial charge in [-0.15, -0.1) is 0 Å². The molecule has 11 aromatic rings. The van der Waals surface area contributed by atoms with Crippen LogP contribution in [-0.2, 0) is 25.7 Å². The van der Waals surface area contributed by atoms with Gasteiger partial charge in [0.15, 0.2) is 0 Å². The summed E-state index contributed by atoms with van der Waals surface area (Å²) in [6.45, 7) is 16.2. The molecule has 0 radical (unpaired) electrons. The lowest BCUT2D eigenvalue weighted by Crippen LogP contribution is -2.23. The van der Waals surface area contributed by atoms with Crippen LogP contribution in [0.1, 0.15) is 150 Å². The Kier molecular flexibility index (Phi) is 19.9. The Labute approximate surface area is 539 Å². The van der Waals surface area contributed by atoms with E-state index < -0.39 is 0 Å². The van der Waals surface area contributed by atoms with E-state index in [9.17, 15) is 0 Å². The monoisotopic (exact) mass is 1180 g/mol. The number of fused-ring (bicyclic) bond motifs is 5. The van der Waals surface area contributed by atoms with Crippen LogP contribution in [0.2, 0.25) is 0 Å². The first-order valence-electron chi connectivity index (χ1n) is 34.3. The summed E-state index contributed by atoms with van der Waals surface area (Å²) in [4.78, 5) is 2.57. The van der Waals surface area contributed by atoms with Gasteiger partial charge in [0.2, 0.25) is 0 Å². The standard InChI is InChI=1S/C89H93N/c1-8-10-12-14-16-22-67-30-38-70(39-31-67)73-45-47-75(48-46-73)72-42-34-69(35-43-72)36-44-79(59-78-37-28-62(3)58-64(78)5)85-60-86-83-26-20-21-27-84(83)89(61-87(86)82-25-19-18-24-81(82)85)90(88-57-29-63(4)65(6)66(88)7)80-55-53-77(54-56-80)76-51-49-74(50-52-76)71-40-32-68(33-41-71)23-17-15-13-11-9-2/h18-21,24-35,37-43,45-58,60-61,63,65,79H,8-17,22-23,36,44,59H2,1-7H3. The van der Waals surface area contributed by atoms with E-state index in [-0.39, 0.29) is 5.92 Å². The normalized spacial score (nSPS) is 14.5. The van der Waals surface area contributed by atoms with Crippen LogP contribution < -0.4 is 4.90 Å². The molecule has 3 unspecified atom stereocenters. The van der Waals surface area contributed by atoms with Crippen LogP contribution in [0.4, 0.5) is 11.4 Å². The third-order valence-corrected chi connectivity index (χ3v) is 20.2. The molecule has 1 aliphatic carbocycles. The summed E-state index contributed by atoms with van der Waals surface area (Å²) in [5.74, 6) is 1.14. The van der Waals surface area contributed by atoms with Gasteiger partial charge in [0, 0.05) is 16.8 Å². The fourth-order valence-corrected chi connectivity index (χ4v) is 14.3.